The molecule has 1 aliphatic carbocycles. The zero-order chi connectivity index (χ0) is 23.7. The van der Waals surface area contributed by atoms with E-state index in [0.717, 1.165) is 36.8 Å². The first-order valence-corrected chi connectivity index (χ1v) is 11.4. The van der Waals surface area contributed by atoms with Crippen LogP contribution in [0.15, 0.2) is 36.9 Å². The van der Waals surface area contributed by atoms with Gasteiger partial charge in [0.15, 0.2) is 0 Å². The highest BCUT2D eigenvalue weighted by Crippen LogP contribution is 2.37. The van der Waals surface area contributed by atoms with E-state index in [2.05, 4.69) is 16.0 Å². The van der Waals surface area contributed by atoms with Gasteiger partial charge in [-0.1, -0.05) is 0 Å². The van der Waals surface area contributed by atoms with Crippen LogP contribution >= 0.6 is 0 Å². The lowest BCUT2D eigenvalue weighted by Gasteiger charge is -2.32. The molecule has 1 saturated heterocycles. The average Bonchev–Trinajstić information content (AvgIpc) is 3.51. The second-order valence-electron chi connectivity index (χ2n) is 8.97. The summed E-state index contributed by atoms with van der Waals surface area (Å²) in [6.45, 7) is 1.17. The highest BCUT2D eigenvalue weighted by atomic mass is 19.1. The first kappa shape index (κ1) is 22.0. The summed E-state index contributed by atoms with van der Waals surface area (Å²) in [5.74, 6) is -0.311. The molecule has 34 heavy (non-hydrogen) atoms. The van der Waals surface area contributed by atoms with Gasteiger partial charge in [0.2, 0.25) is 5.91 Å². The van der Waals surface area contributed by atoms with E-state index in [1.54, 1.807) is 24.7 Å². The third-order valence-corrected chi connectivity index (χ3v) is 6.88. The molecule has 5 rings (SSSR count). The van der Waals surface area contributed by atoms with Gasteiger partial charge in [0.1, 0.15) is 18.0 Å². The molecule has 3 heterocycles. The predicted molar refractivity (Wildman–Crippen MR) is 119 cm³/mol. The van der Waals surface area contributed by atoms with Gasteiger partial charge in [-0.2, -0.15) is 10.5 Å². The van der Waals surface area contributed by atoms with E-state index in [1.165, 1.54) is 17.3 Å². The third kappa shape index (κ3) is 4.11. The predicted octanol–water partition coefficient (Wildman–Crippen LogP) is 4.03. The molecule has 1 amide bonds. The van der Waals surface area contributed by atoms with Crippen LogP contribution in [-0.2, 0) is 16.2 Å². The van der Waals surface area contributed by atoms with Crippen molar-refractivity contribution in [3.05, 3.63) is 59.4 Å². The van der Waals surface area contributed by atoms with Gasteiger partial charge >= 0.3 is 0 Å². The molecule has 0 radical (unpaired) electrons. The van der Waals surface area contributed by atoms with Crippen LogP contribution in [0.1, 0.15) is 54.8 Å². The second-order valence-corrected chi connectivity index (χ2v) is 8.97. The first-order chi connectivity index (χ1) is 16.6. The van der Waals surface area contributed by atoms with Crippen LogP contribution in [0, 0.1) is 40.3 Å². The maximum Gasteiger partial charge on any atom is 0.249 e. The van der Waals surface area contributed by atoms with Crippen LogP contribution in [0.4, 0.5) is 4.39 Å². The number of hydroxylamine groups is 2. The van der Waals surface area contributed by atoms with Gasteiger partial charge in [-0.15, -0.1) is 0 Å². The average molecular weight is 458 g/mol. The number of nitrogens with zero attached hydrogens (tertiary/aromatic N) is 6. The Balaban J connectivity index is 1.23. The summed E-state index contributed by atoms with van der Waals surface area (Å²) in [6.07, 6.45) is 8.85. The quantitative estimate of drug-likeness (QED) is 0.584. The number of nitriles is 2. The number of benzene rings is 1. The Kier molecular flexibility index (Phi) is 5.95. The zero-order valence-corrected chi connectivity index (χ0v) is 18.5. The number of aromatic nitrogens is 3. The van der Waals surface area contributed by atoms with E-state index in [0.29, 0.717) is 36.6 Å². The summed E-state index contributed by atoms with van der Waals surface area (Å²) in [5.41, 5.74) is 2.58. The smallest absolute Gasteiger partial charge is 0.249 e. The van der Waals surface area contributed by atoms with E-state index in [-0.39, 0.29) is 23.4 Å². The van der Waals surface area contributed by atoms with E-state index in [1.807, 2.05) is 10.6 Å². The minimum Gasteiger partial charge on any atom is -0.330 e. The molecular formula is C25H23FN6O2. The number of pyridine rings is 1. The van der Waals surface area contributed by atoms with E-state index in [4.69, 9.17) is 15.4 Å². The van der Waals surface area contributed by atoms with Gasteiger partial charge in [-0.3, -0.25) is 14.6 Å². The highest BCUT2D eigenvalue weighted by molar-refractivity contribution is 5.79. The van der Waals surface area contributed by atoms with E-state index in [9.17, 15) is 9.18 Å². The Morgan fingerprint density at radius 3 is 2.71 bits per heavy atom. The van der Waals surface area contributed by atoms with Crippen molar-refractivity contribution in [2.24, 2.45) is 11.8 Å². The van der Waals surface area contributed by atoms with E-state index >= 15 is 0 Å². The molecule has 0 bridgehead atoms. The number of imidazole rings is 1. The van der Waals surface area contributed by atoms with Gasteiger partial charge in [0.05, 0.1) is 41.1 Å². The number of hydrogen-bond acceptors (Lipinski definition) is 6. The molecular weight excluding hydrogens is 435 g/mol. The fourth-order valence-electron chi connectivity index (χ4n) is 5.05. The molecule has 2 aromatic heterocycles. The summed E-state index contributed by atoms with van der Waals surface area (Å²) < 4.78 is 15.8. The second kappa shape index (κ2) is 9.20. The fraction of sp³-hybridized carbons (Fsp3) is 0.400. The molecule has 1 aliphatic heterocycles. The van der Waals surface area contributed by atoms with Crippen LogP contribution in [0.3, 0.4) is 0 Å². The molecule has 1 atom stereocenters. The summed E-state index contributed by atoms with van der Waals surface area (Å²) in [6, 6.07) is 8.37. The van der Waals surface area contributed by atoms with Crippen molar-refractivity contribution in [3.8, 4) is 12.1 Å². The molecule has 2 aliphatic rings. The summed E-state index contributed by atoms with van der Waals surface area (Å²) >= 11 is 0. The van der Waals surface area contributed by atoms with Crippen LogP contribution in [0.2, 0.25) is 0 Å². The molecule has 0 unspecified atom stereocenters. The Hall–Kier alpha value is -3.82. The monoisotopic (exact) mass is 458 g/mol. The van der Waals surface area contributed by atoms with Crippen LogP contribution in [-0.4, -0.2) is 32.1 Å². The van der Waals surface area contributed by atoms with E-state index < -0.39 is 5.82 Å². The molecule has 1 aromatic carbocycles. The molecule has 0 N–H and O–H groups in total. The van der Waals surface area contributed by atoms with Gasteiger partial charge in [-0.25, -0.2) is 14.4 Å². The van der Waals surface area contributed by atoms with Gasteiger partial charge in [-0.05, 0) is 49.3 Å². The summed E-state index contributed by atoms with van der Waals surface area (Å²) in [5, 5.41) is 19.8. The number of halogens is 1. The molecule has 8 nitrogen and oxygen atoms in total. The molecule has 9 heteroatoms. The van der Waals surface area contributed by atoms with Crippen LogP contribution < -0.4 is 0 Å². The Labute approximate surface area is 196 Å². The number of fused-ring (bicyclic) bond motifs is 1. The van der Waals surface area contributed by atoms with Crippen molar-refractivity contribution in [2.45, 2.75) is 44.7 Å². The SMILES string of the molecule is N#Cc1cncc([C@@H]2CCON2C(=O)[C@H]2CC[C@H](Cn3cnc4cc(F)c(C#N)cc43)CC2)c1. The minimum absolute atomic E-state index is 0.00877. The maximum absolute atomic E-state index is 13.9. The lowest BCUT2D eigenvalue weighted by molar-refractivity contribution is -0.183. The number of amides is 1. The van der Waals surface area contributed by atoms with Crippen molar-refractivity contribution in [1.29, 1.82) is 10.5 Å². The summed E-state index contributed by atoms with van der Waals surface area (Å²) in [4.78, 5) is 27.4. The first-order valence-electron chi connectivity index (χ1n) is 11.4. The van der Waals surface area contributed by atoms with Crippen molar-refractivity contribution in [3.63, 3.8) is 0 Å². The highest BCUT2D eigenvalue weighted by Gasteiger charge is 2.37. The van der Waals surface area contributed by atoms with Crippen molar-refractivity contribution < 1.29 is 14.0 Å². The van der Waals surface area contributed by atoms with Crippen LogP contribution in [0.5, 0.6) is 0 Å². The zero-order valence-electron chi connectivity index (χ0n) is 18.5. The largest absolute Gasteiger partial charge is 0.330 e. The fourth-order valence-corrected chi connectivity index (χ4v) is 5.05. The van der Waals surface area contributed by atoms with Crippen molar-refractivity contribution >= 4 is 16.9 Å². The Morgan fingerprint density at radius 2 is 1.94 bits per heavy atom. The topological polar surface area (TPSA) is 108 Å². The molecule has 2 fully saturated rings. The standard InChI is InChI=1S/C25H23FN6O2/c26-21-9-22-24(8-19(21)11-28)31(15-30-22)14-16-1-3-18(4-2-16)25(33)32-23(5-6-34-32)20-7-17(10-27)12-29-13-20/h7-9,12-13,15-16,18,23H,1-6,14H2/t16-,18-,23-/m0/s1. The third-order valence-electron chi connectivity index (χ3n) is 6.88. The van der Waals surface area contributed by atoms with Crippen molar-refractivity contribution in [2.75, 3.05) is 6.61 Å². The summed E-state index contributed by atoms with van der Waals surface area (Å²) in [7, 11) is 0. The van der Waals surface area contributed by atoms with Gasteiger partial charge < -0.3 is 4.57 Å². The number of carbonyl (C=O) groups is 1. The number of carbonyl (C=O) groups excluding carboxylic acids is 1. The minimum atomic E-state index is -0.558. The van der Waals surface area contributed by atoms with Crippen LogP contribution in [0.25, 0.3) is 11.0 Å². The normalized spacial score (nSPS) is 22.4. The number of rotatable bonds is 4. The van der Waals surface area contributed by atoms with Gasteiger partial charge in [0.25, 0.3) is 0 Å². The molecule has 172 valence electrons. The Bertz CT molecular complexity index is 1320. The van der Waals surface area contributed by atoms with Crippen molar-refractivity contribution in [1.82, 2.24) is 19.6 Å². The molecule has 1 saturated carbocycles. The maximum atomic E-state index is 13.9. The van der Waals surface area contributed by atoms with Gasteiger partial charge in [0, 0.05) is 37.3 Å². The lowest BCUT2D eigenvalue weighted by atomic mass is 9.81. The lowest BCUT2D eigenvalue weighted by Crippen LogP contribution is -2.37. The number of hydrogen-bond donors (Lipinski definition) is 0. The molecule has 0 spiro atoms. The molecule has 3 aromatic rings. The Morgan fingerprint density at radius 1 is 1.12 bits per heavy atom.